The summed E-state index contributed by atoms with van der Waals surface area (Å²) in [6.45, 7) is 2.13. The first-order valence-corrected chi connectivity index (χ1v) is 6.34. The molecule has 0 unspecified atom stereocenters. The average Bonchev–Trinajstić information content (AvgIpc) is 2.97. The number of halogens is 3. The number of carboxylic acids is 1. The van der Waals surface area contributed by atoms with Crippen LogP contribution < -0.4 is 10.9 Å². The molecule has 0 amide bonds. The van der Waals surface area contributed by atoms with Crippen LogP contribution >= 0.6 is 0 Å². The molecule has 1 heterocycles. The molecule has 2 aromatic rings. The van der Waals surface area contributed by atoms with Crippen LogP contribution in [0.2, 0.25) is 0 Å². The van der Waals surface area contributed by atoms with Crippen molar-refractivity contribution in [2.24, 2.45) is 0 Å². The van der Waals surface area contributed by atoms with Gasteiger partial charge < -0.3 is 14.9 Å². The lowest BCUT2D eigenvalue weighted by Gasteiger charge is -2.17. The summed E-state index contributed by atoms with van der Waals surface area (Å²) in [5.74, 6) is -1.33. The highest BCUT2D eigenvalue weighted by atomic mass is 19.4. The van der Waals surface area contributed by atoms with E-state index in [1.165, 1.54) is 12.3 Å². The summed E-state index contributed by atoms with van der Waals surface area (Å²) in [4.78, 5) is 11.3. The Kier molecular flexibility index (Phi) is 4.41. The average molecular weight is 314 g/mol. The topological polar surface area (TPSA) is 74.5 Å². The van der Waals surface area contributed by atoms with Crippen molar-refractivity contribution >= 4 is 11.7 Å². The molecule has 1 aromatic heterocycles. The van der Waals surface area contributed by atoms with E-state index in [1.54, 1.807) is 6.92 Å². The Morgan fingerprint density at radius 2 is 2.09 bits per heavy atom. The Morgan fingerprint density at radius 3 is 2.59 bits per heavy atom. The van der Waals surface area contributed by atoms with Crippen molar-refractivity contribution in [1.82, 2.24) is 5.43 Å². The molecule has 2 rings (SSSR count). The number of hydrogen-bond donors (Lipinski definition) is 3. The van der Waals surface area contributed by atoms with E-state index in [4.69, 9.17) is 4.42 Å². The predicted octanol–water partition coefficient (Wildman–Crippen LogP) is 3.60. The Labute approximate surface area is 123 Å². The molecule has 3 N–H and O–H groups in total. The molecule has 0 saturated carbocycles. The molecule has 0 aliphatic heterocycles. The summed E-state index contributed by atoms with van der Waals surface area (Å²) in [6.07, 6.45) is -2.28. The molecule has 0 spiro atoms. The molecule has 0 atom stereocenters. The smallest absolute Gasteiger partial charge is 0.417 e. The summed E-state index contributed by atoms with van der Waals surface area (Å²) in [6, 6.07) is 3.09. The Bertz CT molecular complexity index is 667. The lowest BCUT2D eigenvalue weighted by atomic mass is 9.97. The number of carboxylic acid groups (broad SMARTS) is 1. The fourth-order valence-corrected chi connectivity index (χ4v) is 1.95. The summed E-state index contributed by atoms with van der Waals surface area (Å²) in [5.41, 5.74) is 3.60. The number of benzene rings is 1. The summed E-state index contributed by atoms with van der Waals surface area (Å²) in [5, 5.41) is 9.21. The number of furan rings is 1. The number of aromatic carboxylic acids is 1. The first kappa shape index (κ1) is 15.9. The number of rotatable bonds is 5. The van der Waals surface area contributed by atoms with Gasteiger partial charge in [-0.05, 0) is 23.8 Å². The van der Waals surface area contributed by atoms with Gasteiger partial charge in [-0.15, -0.1) is 0 Å². The maximum absolute atomic E-state index is 13.2. The fourth-order valence-electron chi connectivity index (χ4n) is 1.95. The van der Waals surface area contributed by atoms with Gasteiger partial charge in [0.2, 0.25) is 0 Å². The maximum atomic E-state index is 13.2. The zero-order valence-corrected chi connectivity index (χ0v) is 11.5. The van der Waals surface area contributed by atoms with Gasteiger partial charge in [-0.2, -0.15) is 13.2 Å². The van der Waals surface area contributed by atoms with E-state index in [0.29, 0.717) is 6.54 Å². The Hall–Kier alpha value is -2.48. The minimum absolute atomic E-state index is 0.157. The molecule has 0 bridgehead atoms. The largest absolute Gasteiger partial charge is 0.478 e. The predicted molar refractivity (Wildman–Crippen MR) is 73.4 cm³/mol. The molecular formula is C14H13F3N2O3. The first-order chi connectivity index (χ1) is 10.3. The Balaban J connectivity index is 2.66. The van der Waals surface area contributed by atoms with Crippen molar-refractivity contribution in [2.75, 3.05) is 12.0 Å². The van der Waals surface area contributed by atoms with E-state index in [9.17, 15) is 23.1 Å². The van der Waals surface area contributed by atoms with Crippen LogP contribution in [0.1, 0.15) is 22.8 Å². The molecule has 118 valence electrons. The van der Waals surface area contributed by atoms with Gasteiger partial charge in [0, 0.05) is 12.1 Å². The van der Waals surface area contributed by atoms with Crippen molar-refractivity contribution in [3.8, 4) is 11.1 Å². The number of anilines is 1. The number of hydrogen-bond acceptors (Lipinski definition) is 4. The summed E-state index contributed by atoms with van der Waals surface area (Å²) >= 11 is 0. The highest BCUT2D eigenvalue weighted by Crippen LogP contribution is 2.40. The molecular weight excluding hydrogens is 301 g/mol. The molecule has 22 heavy (non-hydrogen) atoms. The van der Waals surface area contributed by atoms with E-state index in [2.05, 4.69) is 10.9 Å². The molecule has 0 aliphatic carbocycles. The quantitative estimate of drug-likeness (QED) is 0.735. The van der Waals surface area contributed by atoms with Crippen molar-refractivity contribution in [1.29, 1.82) is 0 Å². The van der Waals surface area contributed by atoms with Gasteiger partial charge in [0.05, 0.1) is 29.3 Å². The lowest BCUT2D eigenvalue weighted by Crippen LogP contribution is -2.23. The van der Waals surface area contributed by atoms with Crippen molar-refractivity contribution in [3.05, 3.63) is 41.9 Å². The van der Waals surface area contributed by atoms with Crippen LogP contribution in [0.3, 0.4) is 0 Å². The van der Waals surface area contributed by atoms with Crippen LogP contribution in [0.25, 0.3) is 11.1 Å². The Morgan fingerprint density at radius 1 is 1.36 bits per heavy atom. The van der Waals surface area contributed by atoms with Crippen LogP contribution in [0.15, 0.2) is 35.1 Å². The van der Waals surface area contributed by atoms with E-state index < -0.39 is 17.7 Å². The minimum Gasteiger partial charge on any atom is -0.478 e. The second-order valence-corrected chi connectivity index (χ2v) is 4.41. The highest BCUT2D eigenvalue weighted by molar-refractivity contribution is 5.96. The zero-order valence-electron chi connectivity index (χ0n) is 11.5. The third-order valence-electron chi connectivity index (χ3n) is 2.93. The minimum atomic E-state index is -4.63. The first-order valence-electron chi connectivity index (χ1n) is 6.34. The maximum Gasteiger partial charge on any atom is 0.417 e. The van der Waals surface area contributed by atoms with Gasteiger partial charge in [0.25, 0.3) is 0 Å². The van der Waals surface area contributed by atoms with Crippen molar-refractivity contribution in [2.45, 2.75) is 13.1 Å². The highest BCUT2D eigenvalue weighted by Gasteiger charge is 2.35. The third kappa shape index (κ3) is 3.22. The SMILES string of the molecule is CCNNc1cc(C(F)(F)F)c(-c2ccoc2)cc1C(=O)O. The number of hydrazine groups is 1. The lowest BCUT2D eigenvalue weighted by molar-refractivity contribution is -0.137. The summed E-state index contributed by atoms with van der Waals surface area (Å²) < 4.78 is 44.5. The second kappa shape index (κ2) is 6.10. The normalized spacial score (nSPS) is 11.5. The zero-order chi connectivity index (χ0) is 16.3. The van der Waals surface area contributed by atoms with Crippen molar-refractivity contribution in [3.63, 3.8) is 0 Å². The fraction of sp³-hybridized carbons (Fsp3) is 0.214. The van der Waals surface area contributed by atoms with Crippen LogP contribution in [0.5, 0.6) is 0 Å². The number of alkyl halides is 3. The van der Waals surface area contributed by atoms with Crippen LogP contribution in [-0.4, -0.2) is 17.6 Å². The van der Waals surface area contributed by atoms with Gasteiger partial charge in [-0.3, -0.25) is 0 Å². The van der Waals surface area contributed by atoms with Crippen molar-refractivity contribution < 1.29 is 27.5 Å². The standard InChI is InChI=1S/C14H13F3N2O3/c1-2-18-19-12-6-11(14(15,16)17)9(5-10(12)13(20)21)8-3-4-22-7-8/h3-7,18-19H,2H2,1H3,(H,20,21). The van der Waals surface area contributed by atoms with E-state index in [-0.39, 0.29) is 22.4 Å². The van der Waals surface area contributed by atoms with Crippen LogP contribution in [0, 0.1) is 0 Å². The molecule has 8 heteroatoms. The molecule has 0 fully saturated rings. The second-order valence-electron chi connectivity index (χ2n) is 4.41. The van der Waals surface area contributed by atoms with Gasteiger partial charge >= 0.3 is 12.1 Å². The van der Waals surface area contributed by atoms with E-state index >= 15 is 0 Å². The van der Waals surface area contributed by atoms with Gasteiger partial charge in [-0.25, -0.2) is 10.2 Å². The molecule has 0 radical (unpaired) electrons. The van der Waals surface area contributed by atoms with Crippen LogP contribution in [0.4, 0.5) is 18.9 Å². The van der Waals surface area contributed by atoms with E-state index in [1.807, 2.05) is 0 Å². The van der Waals surface area contributed by atoms with Gasteiger partial charge in [-0.1, -0.05) is 6.92 Å². The summed E-state index contributed by atoms with van der Waals surface area (Å²) in [7, 11) is 0. The van der Waals surface area contributed by atoms with Crippen LogP contribution in [-0.2, 0) is 6.18 Å². The third-order valence-corrected chi connectivity index (χ3v) is 2.93. The number of carbonyl (C=O) groups is 1. The monoisotopic (exact) mass is 314 g/mol. The molecule has 0 saturated heterocycles. The van der Waals surface area contributed by atoms with Gasteiger partial charge in [0.1, 0.15) is 0 Å². The molecule has 0 aliphatic rings. The van der Waals surface area contributed by atoms with E-state index in [0.717, 1.165) is 18.4 Å². The molecule has 5 nitrogen and oxygen atoms in total. The number of nitrogens with one attached hydrogen (secondary N) is 2. The van der Waals surface area contributed by atoms with Gasteiger partial charge in [0.15, 0.2) is 0 Å². The molecule has 1 aromatic carbocycles.